The van der Waals surface area contributed by atoms with Gasteiger partial charge in [0.15, 0.2) is 0 Å². The molecule has 0 unspecified atom stereocenters. The Morgan fingerprint density at radius 1 is 0.938 bits per heavy atom. The van der Waals surface area contributed by atoms with E-state index in [0.717, 1.165) is 33.3 Å². The lowest BCUT2D eigenvalue weighted by Crippen LogP contribution is -2.14. The lowest BCUT2D eigenvalue weighted by Gasteiger charge is -2.08. The van der Waals surface area contributed by atoms with Crippen molar-refractivity contribution in [1.82, 2.24) is 4.57 Å². The number of aryl methyl sites for hydroxylation is 1. The van der Waals surface area contributed by atoms with Gasteiger partial charge >= 0.3 is 0 Å². The molecule has 0 radical (unpaired) electrons. The molecule has 32 heavy (non-hydrogen) atoms. The maximum absolute atomic E-state index is 13.3. The van der Waals surface area contributed by atoms with Gasteiger partial charge in [-0.25, -0.2) is 0 Å². The van der Waals surface area contributed by atoms with Crippen LogP contribution < -0.4 is 0 Å². The van der Waals surface area contributed by atoms with Crippen LogP contribution in [0.1, 0.15) is 39.2 Å². The Labute approximate surface area is 192 Å². The van der Waals surface area contributed by atoms with Gasteiger partial charge in [0.2, 0.25) is 0 Å². The molecular weight excluding hydrogens is 422 g/mol. The number of halogens is 1. The van der Waals surface area contributed by atoms with Gasteiger partial charge in [-0.3, -0.25) is 14.2 Å². The molecule has 5 heteroatoms. The molecule has 1 heterocycles. The van der Waals surface area contributed by atoms with Crippen molar-refractivity contribution in [3.63, 3.8) is 0 Å². The minimum atomic E-state index is -0.177. The number of aliphatic hydroxyl groups excluding tert-OH is 1. The number of hydrogen-bond acceptors (Lipinski definition) is 3. The average molecular weight is 446 g/mol. The van der Waals surface area contributed by atoms with Gasteiger partial charge in [0.05, 0.1) is 12.1 Å². The SMILES string of the molecule is Cc1c(CC(=O)CCc2ccccc2)c2cc(CO)ccc2n1C(=O)c1ccc(Cl)cc1. The van der Waals surface area contributed by atoms with Crippen molar-refractivity contribution >= 4 is 34.2 Å². The summed E-state index contributed by atoms with van der Waals surface area (Å²) >= 11 is 5.98. The van der Waals surface area contributed by atoms with Crippen LogP contribution in [0.5, 0.6) is 0 Å². The fourth-order valence-corrected chi connectivity index (χ4v) is 4.18. The fourth-order valence-electron chi connectivity index (χ4n) is 4.05. The summed E-state index contributed by atoms with van der Waals surface area (Å²) in [5.41, 5.74) is 4.68. The molecule has 0 spiro atoms. The molecular formula is C27H24ClNO3. The second kappa shape index (κ2) is 9.51. The summed E-state index contributed by atoms with van der Waals surface area (Å²) in [7, 11) is 0. The summed E-state index contributed by atoms with van der Waals surface area (Å²) in [6.45, 7) is 1.76. The minimum absolute atomic E-state index is 0.104. The Kier molecular flexibility index (Phi) is 6.54. The maximum atomic E-state index is 13.3. The Bertz CT molecular complexity index is 1270. The van der Waals surface area contributed by atoms with Gasteiger partial charge in [-0.1, -0.05) is 48.0 Å². The van der Waals surface area contributed by atoms with E-state index < -0.39 is 0 Å². The Balaban J connectivity index is 1.69. The number of fused-ring (bicyclic) bond motifs is 1. The average Bonchev–Trinajstić information content (AvgIpc) is 3.08. The zero-order valence-electron chi connectivity index (χ0n) is 17.8. The molecule has 0 amide bonds. The van der Waals surface area contributed by atoms with Crippen LogP contribution >= 0.6 is 11.6 Å². The summed E-state index contributed by atoms with van der Waals surface area (Å²) in [5.74, 6) is -0.0618. The number of benzene rings is 3. The first-order valence-corrected chi connectivity index (χ1v) is 11.0. The molecule has 0 aliphatic carbocycles. The zero-order valence-corrected chi connectivity index (χ0v) is 18.6. The highest BCUT2D eigenvalue weighted by atomic mass is 35.5. The van der Waals surface area contributed by atoms with E-state index in [9.17, 15) is 14.7 Å². The molecule has 0 aliphatic rings. The quantitative estimate of drug-likeness (QED) is 0.407. The van der Waals surface area contributed by atoms with Gasteiger partial charge < -0.3 is 5.11 Å². The van der Waals surface area contributed by atoms with E-state index in [4.69, 9.17) is 11.6 Å². The number of nitrogens with zero attached hydrogens (tertiary/aromatic N) is 1. The smallest absolute Gasteiger partial charge is 0.262 e. The first kappa shape index (κ1) is 22.0. The molecule has 0 bridgehead atoms. The molecule has 162 valence electrons. The van der Waals surface area contributed by atoms with Gasteiger partial charge in [0.1, 0.15) is 5.78 Å². The van der Waals surface area contributed by atoms with Crippen LogP contribution in [0.2, 0.25) is 5.02 Å². The highest BCUT2D eigenvalue weighted by Crippen LogP contribution is 2.29. The first-order valence-electron chi connectivity index (χ1n) is 10.6. The van der Waals surface area contributed by atoms with Crippen molar-refractivity contribution in [3.05, 3.63) is 106 Å². The number of carbonyl (C=O) groups is 2. The Morgan fingerprint density at radius 3 is 2.34 bits per heavy atom. The predicted molar refractivity (Wildman–Crippen MR) is 127 cm³/mol. The summed E-state index contributed by atoms with van der Waals surface area (Å²) in [6.07, 6.45) is 1.36. The van der Waals surface area contributed by atoms with Gasteiger partial charge in [0, 0.05) is 34.5 Å². The van der Waals surface area contributed by atoms with E-state index in [1.807, 2.05) is 49.4 Å². The van der Waals surface area contributed by atoms with Crippen LogP contribution in [-0.2, 0) is 24.2 Å². The highest BCUT2D eigenvalue weighted by Gasteiger charge is 2.21. The fraction of sp³-hybridized carbons (Fsp3) is 0.185. The van der Waals surface area contributed by atoms with Crippen LogP contribution in [0.25, 0.3) is 10.9 Å². The second-order valence-corrected chi connectivity index (χ2v) is 8.36. The molecule has 0 saturated heterocycles. The van der Waals surface area contributed by atoms with Gasteiger partial charge in [0.25, 0.3) is 5.91 Å². The van der Waals surface area contributed by atoms with E-state index >= 15 is 0 Å². The molecule has 4 aromatic rings. The van der Waals surface area contributed by atoms with Crippen molar-refractivity contribution in [3.8, 4) is 0 Å². The predicted octanol–water partition coefficient (Wildman–Crippen LogP) is 5.53. The third kappa shape index (κ3) is 4.52. The summed E-state index contributed by atoms with van der Waals surface area (Å²) in [4.78, 5) is 26.2. The number of aromatic nitrogens is 1. The lowest BCUT2D eigenvalue weighted by atomic mass is 10.00. The van der Waals surface area contributed by atoms with E-state index in [1.54, 1.807) is 34.9 Å². The van der Waals surface area contributed by atoms with Crippen LogP contribution in [0, 0.1) is 6.92 Å². The second-order valence-electron chi connectivity index (χ2n) is 7.92. The number of carbonyl (C=O) groups excluding carboxylic acids is 2. The maximum Gasteiger partial charge on any atom is 0.262 e. The summed E-state index contributed by atoms with van der Waals surface area (Å²) in [6, 6.07) is 22.2. The molecule has 0 aliphatic heterocycles. The number of rotatable bonds is 7. The van der Waals surface area contributed by atoms with Crippen LogP contribution in [0.15, 0.2) is 72.8 Å². The number of ketones is 1. The Morgan fingerprint density at radius 2 is 1.66 bits per heavy atom. The topological polar surface area (TPSA) is 59.3 Å². The molecule has 0 atom stereocenters. The zero-order chi connectivity index (χ0) is 22.7. The van der Waals surface area contributed by atoms with Crippen molar-refractivity contribution in [2.75, 3.05) is 0 Å². The molecule has 0 saturated carbocycles. The third-order valence-electron chi connectivity index (χ3n) is 5.79. The van der Waals surface area contributed by atoms with Crippen molar-refractivity contribution in [2.24, 2.45) is 0 Å². The van der Waals surface area contributed by atoms with E-state index in [1.165, 1.54) is 0 Å². The first-order chi connectivity index (χ1) is 15.5. The number of aliphatic hydroxyl groups is 1. The van der Waals surface area contributed by atoms with Gasteiger partial charge in [-0.2, -0.15) is 0 Å². The minimum Gasteiger partial charge on any atom is -0.392 e. The van der Waals surface area contributed by atoms with Gasteiger partial charge in [-0.15, -0.1) is 0 Å². The van der Waals surface area contributed by atoms with Crippen molar-refractivity contribution < 1.29 is 14.7 Å². The largest absolute Gasteiger partial charge is 0.392 e. The summed E-state index contributed by atoms with van der Waals surface area (Å²) < 4.78 is 1.65. The normalized spacial score (nSPS) is 11.1. The van der Waals surface area contributed by atoms with Crippen LogP contribution in [-0.4, -0.2) is 21.4 Å². The lowest BCUT2D eigenvalue weighted by molar-refractivity contribution is -0.118. The van der Waals surface area contributed by atoms with E-state index in [2.05, 4.69) is 0 Å². The third-order valence-corrected chi connectivity index (χ3v) is 6.04. The highest BCUT2D eigenvalue weighted by molar-refractivity contribution is 6.30. The monoisotopic (exact) mass is 445 g/mol. The standard InChI is InChI=1S/C27H24ClNO3/c1-18-24(16-23(31)13-7-19-5-3-2-4-6-19)25-15-20(17-30)8-14-26(25)29(18)27(32)21-9-11-22(28)12-10-21/h2-6,8-12,14-15,30H,7,13,16-17H2,1H3. The van der Waals surface area contributed by atoms with Crippen molar-refractivity contribution in [1.29, 1.82) is 0 Å². The van der Waals surface area contributed by atoms with Crippen LogP contribution in [0.4, 0.5) is 0 Å². The van der Waals surface area contributed by atoms with E-state index in [0.29, 0.717) is 23.4 Å². The molecule has 1 N–H and O–H groups in total. The van der Waals surface area contributed by atoms with Crippen molar-refractivity contribution in [2.45, 2.75) is 32.8 Å². The molecule has 3 aromatic carbocycles. The summed E-state index contributed by atoms with van der Waals surface area (Å²) in [5, 5.41) is 11.0. The Hall–Kier alpha value is -3.21. The molecule has 0 fully saturated rings. The molecule has 4 rings (SSSR count). The molecule has 4 nitrogen and oxygen atoms in total. The number of Topliss-reactive ketones (excluding diaryl/α,β-unsaturated/α-hetero) is 1. The van der Waals surface area contributed by atoms with Crippen LogP contribution in [0.3, 0.4) is 0 Å². The number of hydrogen-bond donors (Lipinski definition) is 1. The molecule has 1 aromatic heterocycles. The van der Waals surface area contributed by atoms with E-state index in [-0.39, 0.29) is 24.7 Å². The van der Waals surface area contributed by atoms with Gasteiger partial charge in [-0.05, 0) is 66.4 Å².